The van der Waals surface area contributed by atoms with Gasteiger partial charge in [0.2, 0.25) is 0 Å². The average Bonchev–Trinajstić information content (AvgIpc) is 2.77. The summed E-state index contributed by atoms with van der Waals surface area (Å²) in [6.07, 6.45) is 3.45. The largest absolute Gasteiger partial charge is 0.332 e. The van der Waals surface area contributed by atoms with E-state index in [-0.39, 0.29) is 10.9 Å². The van der Waals surface area contributed by atoms with Gasteiger partial charge in [-0.25, -0.2) is 0 Å². The highest BCUT2D eigenvalue weighted by molar-refractivity contribution is 7.09. The van der Waals surface area contributed by atoms with E-state index in [1.54, 1.807) is 6.08 Å². The van der Waals surface area contributed by atoms with Crippen molar-refractivity contribution in [2.45, 2.75) is 32.5 Å². The van der Waals surface area contributed by atoms with Gasteiger partial charge >= 0.3 is 4.87 Å². The number of rotatable bonds is 8. The van der Waals surface area contributed by atoms with E-state index in [0.29, 0.717) is 33.7 Å². The predicted molar refractivity (Wildman–Crippen MR) is 85.2 cm³/mol. The smallest absolute Gasteiger partial charge is 0.307 e. The van der Waals surface area contributed by atoms with Crippen molar-refractivity contribution in [2.24, 2.45) is 0 Å². The first-order valence-electron chi connectivity index (χ1n) is 7.07. The normalized spacial score (nSPS) is 18.2. The number of aromatic nitrogens is 1. The lowest BCUT2D eigenvalue weighted by atomic mass is 9.90. The average molecular weight is 309 g/mol. The van der Waals surface area contributed by atoms with Gasteiger partial charge in [-0.3, -0.25) is 9.63 Å². The van der Waals surface area contributed by atoms with Gasteiger partial charge in [-0.05, 0) is 6.42 Å². The van der Waals surface area contributed by atoms with Crippen LogP contribution in [0, 0.1) is 0 Å². The number of fused-ring (bicyclic) bond motifs is 1. The highest BCUT2D eigenvalue weighted by Crippen LogP contribution is 2.28. The Balaban J connectivity index is 2.27. The molecule has 114 valence electrons. The maximum absolute atomic E-state index is 12.1. The van der Waals surface area contributed by atoms with Crippen LogP contribution >= 0.6 is 11.3 Å². The Morgan fingerprint density at radius 2 is 2.43 bits per heavy atom. The van der Waals surface area contributed by atoms with E-state index in [4.69, 9.17) is 4.84 Å². The Hall–Kier alpha value is -1.22. The molecule has 21 heavy (non-hydrogen) atoms. The topological polar surface area (TPSA) is 63.6 Å². The molecule has 0 fully saturated rings. The molecule has 0 saturated carbocycles. The molecule has 0 amide bonds. The van der Waals surface area contributed by atoms with Crippen molar-refractivity contribution in [3.63, 3.8) is 0 Å². The van der Waals surface area contributed by atoms with Crippen LogP contribution in [0.1, 0.15) is 30.0 Å². The van der Waals surface area contributed by atoms with Gasteiger partial charge < -0.3 is 14.2 Å². The highest BCUT2D eigenvalue weighted by Gasteiger charge is 2.30. The molecule has 1 aliphatic heterocycles. The van der Waals surface area contributed by atoms with Crippen LogP contribution in [0.3, 0.4) is 0 Å². The molecule has 8 heteroatoms. The van der Waals surface area contributed by atoms with Gasteiger partial charge in [0.25, 0.3) is 7.41 Å². The summed E-state index contributed by atoms with van der Waals surface area (Å²) in [4.78, 5) is 31.4. The first kappa shape index (κ1) is 16.2. The molecule has 1 unspecified atom stereocenters. The van der Waals surface area contributed by atoms with Gasteiger partial charge in [0.05, 0.1) is 23.7 Å². The second-order valence-corrected chi connectivity index (χ2v) is 5.95. The van der Waals surface area contributed by atoms with Crippen LogP contribution in [0.15, 0.2) is 17.4 Å². The maximum Gasteiger partial charge on any atom is 0.307 e. The Morgan fingerprint density at radius 1 is 1.62 bits per heavy atom. The van der Waals surface area contributed by atoms with Crippen LogP contribution in [0.4, 0.5) is 0 Å². The van der Waals surface area contributed by atoms with Crippen LogP contribution in [0.5, 0.6) is 0 Å². The molecule has 0 aromatic carbocycles. The number of hydrogen-bond donors (Lipinski definition) is 1. The second-order valence-electron chi connectivity index (χ2n) is 4.96. The lowest BCUT2D eigenvalue weighted by Crippen LogP contribution is -2.42. The fourth-order valence-electron chi connectivity index (χ4n) is 2.50. The van der Waals surface area contributed by atoms with Gasteiger partial charge in [-0.2, -0.15) is 5.48 Å². The Bertz CT molecular complexity index is 557. The van der Waals surface area contributed by atoms with E-state index in [1.165, 1.54) is 11.3 Å². The fourth-order valence-corrected chi connectivity index (χ4v) is 3.55. The highest BCUT2D eigenvalue weighted by atomic mass is 32.1. The second kappa shape index (κ2) is 7.70. The van der Waals surface area contributed by atoms with Crippen LogP contribution < -0.4 is 10.4 Å². The number of carbonyl (C=O) groups is 1. The summed E-state index contributed by atoms with van der Waals surface area (Å²) in [6, 6.07) is -0.0931. The van der Waals surface area contributed by atoms with Crippen LogP contribution in [0.25, 0.3) is 0 Å². The SMILES string of the molecule is C=CCONC1CN(BC=O)Cc2c1sc(=O)n2CCC. The quantitative estimate of drug-likeness (QED) is 0.248. The number of hydroxylamine groups is 1. The zero-order valence-electron chi connectivity index (χ0n) is 12.2. The third kappa shape index (κ3) is 3.71. The molecule has 1 aliphatic rings. The number of thiazole rings is 1. The molecule has 1 atom stereocenters. The molecule has 0 bridgehead atoms. The molecule has 0 spiro atoms. The van der Waals surface area contributed by atoms with Gasteiger partial charge in [-0.15, -0.1) is 6.58 Å². The molecule has 6 nitrogen and oxygen atoms in total. The van der Waals surface area contributed by atoms with Crippen molar-refractivity contribution in [2.75, 3.05) is 13.2 Å². The van der Waals surface area contributed by atoms with Crippen LogP contribution in [-0.4, -0.2) is 36.1 Å². The molecule has 2 rings (SSSR count). The van der Waals surface area contributed by atoms with Crippen molar-refractivity contribution in [1.82, 2.24) is 14.9 Å². The number of nitrogens with zero attached hydrogens (tertiary/aromatic N) is 2. The molecular weight excluding hydrogens is 289 g/mol. The molecule has 1 aromatic heterocycles. The van der Waals surface area contributed by atoms with E-state index in [0.717, 1.165) is 23.2 Å². The van der Waals surface area contributed by atoms with Crippen molar-refractivity contribution in [3.8, 4) is 0 Å². The first-order valence-corrected chi connectivity index (χ1v) is 7.89. The van der Waals surface area contributed by atoms with Crippen molar-refractivity contribution in [1.29, 1.82) is 0 Å². The van der Waals surface area contributed by atoms with Crippen LogP contribution in [-0.2, 0) is 22.7 Å². The molecule has 1 N–H and O–H groups in total. The van der Waals surface area contributed by atoms with Crippen molar-refractivity contribution >= 4 is 24.9 Å². The van der Waals surface area contributed by atoms with E-state index < -0.39 is 0 Å². The summed E-state index contributed by atoms with van der Waals surface area (Å²) in [6.45, 7) is 8.03. The lowest BCUT2D eigenvalue weighted by molar-refractivity contribution is 0.0267. The summed E-state index contributed by atoms with van der Waals surface area (Å²) in [7, 11) is 0.356. The minimum Gasteiger partial charge on any atom is -0.332 e. The maximum atomic E-state index is 12.1. The lowest BCUT2D eigenvalue weighted by Gasteiger charge is -2.32. The Kier molecular flexibility index (Phi) is 5.92. The van der Waals surface area contributed by atoms with Gasteiger partial charge in [-0.1, -0.05) is 24.3 Å². The van der Waals surface area contributed by atoms with E-state index >= 15 is 0 Å². The minimum absolute atomic E-state index is 0.0605. The third-order valence-corrected chi connectivity index (χ3v) is 4.50. The molecule has 2 heterocycles. The summed E-state index contributed by atoms with van der Waals surface area (Å²) in [5.74, 6) is 0. The van der Waals surface area contributed by atoms with Crippen LogP contribution in [0.2, 0.25) is 0 Å². The van der Waals surface area contributed by atoms with Gasteiger partial charge in [0.1, 0.15) is 0 Å². The zero-order chi connectivity index (χ0) is 15.2. The van der Waals surface area contributed by atoms with E-state index in [2.05, 4.69) is 12.1 Å². The number of carbonyl (C=O) groups excluding carboxylic acids is 1. The first-order chi connectivity index (χ1) is 10.2. The predicted octanol–water partition coefficient (Wildman–Crippen LogP) is 0.425. The summed E-state index contributed by atoms with van der Waals surface area (Å²) in [5, 5.41) is 0. The molecule has 1 aromatic rings. The summed E-state index contributed by atoms with van der Waals surface area (Å²) < 4.78 is 1.82. The zero-order valence-corrected chi connectivity index (χ0v) is 13.0. The van der Waals surface area contributed by atoms with Gasteiger partial charge in [0, 0.05) is 25.3 Å². The van der Waals surface area contributed by atoms with Gasteiger partial charge in [0.15, 0.2) is 0 Å². The monoisotopic (exact) mass is 309 g/mol. The standard InChI is InChI=1S/C13H20BN3O3S/c1-3-5-17-11-8-16(14-9-18)7-10(15-20-6-4-2)12(11)21-13(17)19/h4,9-10,14-15H,2-3,5-8H2,1H3. The third-order valence-electron chi connectivity index (χ3n) is 3.37. The summed E-state index contributed by atoms with van der Waals surface area (Å²) in [5.41, 5.74) is 3.98. The number of hydrogen-bond acceptors (Lipinski definition) is 6. The summed E-state index contributed by atoms with van der Waals surface area (Å²) >= 11 is 1.27. The molecule has 0 aliphatic carbocycles. The number of nitrogens with one attached hydrogen (secondary N) is 1. The minimum atomic E-state index is -0.0931. The van der Waals surface area contributed by atoms with E-state index in [1.807, 2.05) is 16.3 Å². The van der Waals surface area contributed by atoms with Crippen molar-refractivity contribution < 1.29 is 9.63 Å². The van der Waals surface area contributed by atoms with Crippen molar-refractivity contribution in [3.05, 3.63) is 32.9 Å². The molecular formula is C13H20BN3O3S. The molecule has 0 saturated heterocycles. The fraction of sp³-hybridized carbons (Fsp3) is 0.538. The Morgan fingerprint density at radius 3 is 3.10 bits per heavy atom. The molecule has 0 radical (unpaired) electrons. The Labute approximate surface area is 128 Å². The van der Waals surface area contributed by atoms with E-state index in [9.17, 15) is 9.59 Å².